The molecule has 0 spiro atoms. The number of pyridine rings is 1. The maximum Gasteiger partial charge on any atom is 0.332 e. The van der Waals surface area contributed by atoms with Crippen LogP contribution < -0.4 is 16.6 Å². The number of imidazole rings is 1. The molecule has 1 unspecified atom stereocenters. The number of aliphatic hydroxyl groups excluding tert-OH is 1. The number of fused-ring (bicyclic) bond motifs is 1. The van der Waals surface area contributed by atoms with Gasteiger partial charge in [0.1, 0.15) is 5.82 Å². The van der Waals surface area contributed by atoms with E-state index in [1.807, 2.05) is 54.0 Å². The Kier molecular flexibility index (Phi) is 10.2. The monoisotopic (exact) mass is 532 g/mol. The minimum Gasteiger partial charge on any atom is -0.392 e. The van der Waals surface area contributed by atoms with Gasteiger partial charge in [-0.05, 0) is 36.5 Å². The van der Waals surface area contributed by atoms with Gasteiger partial charge in [-0.15, -0.1) is 0 Å². The Bertz CT molecular complexity index is 1440. The molecule has 9 nitrogen and oxygen atoms in total. The van der Waals surface area contributed by atoms with E-state index < -0.39 is 6.10 Å². The van der Waals surface area contributed by atoms with Crippen LogP contribution in [0.4, 0.5) is 0 Å². The Morgan fingerprint density at radius 3 is 2.44 bits per heavy atom. The third kappa shape index (κ3) is 7.10. The fourth-order valence-electron chi connectivity index (χ4n) is 4.80. The molecule has 0 aliphatic carbocycles. The predicted molar refractivity (Wildman–Crippen MR) is 154 cm³/mol. The Hall–Kier alpha value is -3.56. The fourth-order valence-corrected chi connectivity index (χ4v) is 4.80. The molecule has 0 radical (unpaired) electrons. The highest BCUT2D eigenvalue weighted by Crippen LogP contribution is 2.16. The van der Waals surface area contributed by atoms with Crippen LogP contribution in [0, 0.1) is 0 Å². The van der Waals surface area contributed by atoms with Crippen LogP contribution in [-0.4, -0.2) is 48.0 Å². The third-order valence-electron chi connectivity index (χ3n) is 7.09. The van der Waals surface area contributed by atoms with Gasteiger partial charge in [-0.3, -0.25) is 18.9 Å². The van der Waals surface area contributed by atoms with Crippen molar-refractivity contribution in [1.29, 1.82) is 0 Å². The minimum absolute atomic E-state index is 0.291. The van der Waals surface area contributed by atoms with Crippen LogP contribution in [-0.2, 0) is 32.5 Å². The average molecular weight is 533 g/mol. The summed E-state index contributed by atoms with van der Waals surface area (Å²) in [6.07, 6.45) is 7.64. The van der Waals surface area contributed by atoms with Crippen LogP contribution >= 0.6 is 0 Å². The van der Waals surface area contributed by atoms with Crippen molar-refractivity contribution >= 4 is 11.2 Å². The third-order valence-corrected chi connectivity index (χ3v) is 7.09. The molecule has 1 atom stereocenters. The van der Waals surface area contributed by atoms with Gasteiger partial charge in [0.25, 0.3) is 5.56 Å². The number of benzene rings is 1. The molecule has 9 heteroatoms. The van der Waals surface area contributed by atoms with Crippen molar-refractivity contribution in [2.75, 3.05) is 13.1 Å². The van der Waals surface area contributed by atoms with Crippen molar-refractivity contribution in [3.8, 4) is 0 Å². The number of aliphatic hydroxyl groups is 1. The summed E-state index contributed by atoms with van der Waals surface area (Å²) in [5, 5.41) is 13.2. The molecule has 0 aliphatic rings. The van der Waals surface area contributed by atoms with Crippen molar-refractivity contribution in [3.05, 3.63) is 92.6 Å². The fraction of sp³-hybridized carbons (Fsp3) is 0.467. The van der Waals surface area contributed by atoms with Crippen LogP contribution in [0.15, 0.2) is 64.4 Å². The lowest BCUT2D eigenvalue weighted by atomic mass is 10.1. The second-order valence-corrected chi connectivity index (χ2v) is 9.99. The molecule has 4 aromatic rings. The van der Waals surface area contributed by atoms with E-state index in [2.05, 4.69) is 17.2 Å². The van der Waals surface area contributed by atoms with Crippen LogP contribution in [0.1, 0.15) is 56.5 Å². The number of hydrogen-bond acceptors (Lipinski definition) is 6. The van der Waals surface area contributed by atoms with E-state index >= 15 is 0 Å². The van der Waals surface area contributed by atoms with E-state index in [9.17, 15) is 14.7 Å². The molecule has 0 fully saturated rings. The van der Waals surface area contributed by atoms with Crippen LogP contribution in [0.3, 0.4) is 0 Å². The molecule has 0 amide bonds. The first-order valence-corrected chi connectivity index (χ1v) is 14.1. The van der Waals surface area contributed by atoms with Gasteiger partial charge in [0.05, 0.1) is 6.10 Å². The number of nitrogens with zero attached hydrogens (tertiary/aromatic N) is 5. The molecular formula is C30H40N6O3. The van der Waals surface area contributed by atoms with Crippen molar-refractivity contribution in [3.63, 3.8) is 0 Å². The van der Waals surface area contributed by atoms with E-state index in [1.165, 1.54) is 4.57 Å². The van der Waals surface area contributed by atoms with E-state index in [-0.39, 0.29) is 11.2 Å². The van der Waals surface area contributed by atoms with Crippen LogP contribution in [0.5, 0.6) is 0 Å². The number of aryl methyl sites for hydroxylation is 2. The average Bonchev–Trinajstić information content (AvgIpc) is 3.31. The molecule has 0 bridgehead atoms. The first-order valence-electron chi connectivity index (χ1n) is 14.1. The zero-order valence-electron chi connectivity index (χ0n) is 23.1. The lowest BCUT2D eigenvalue weighted by Gasteiger charge is -2.14. The predicted octanol–water partition coefficient (Wildman–Crippen LogP) is 3.14. The number of nitrogens with one attached hydrogen (secondary N) is 1. The van der Waals surface area contributed by atoms with Gasteiger partial charge in [-0.2, -0.15) is 0 Å². The Morgan fingerprint density at radius 2 is 1.72 bits per heavy atom. The number of rotatable bonds is 15. The van der Waals surface area contributed by atoms with Gasteiger partial charge in [0.15, 0.2) is 11.2 Å². The Balaban J connectivity index is 1.80. The molecule has 1 aromatic carbocycles. The first-order chi connectivity index (χ1) is 19.0. The molecule has 0 saturated heterocycles. The standard InChI is InChI=1S/C30H40N6O3/c1-3-5-9-17-36-29(38)27-28(35(30(36)39)18-14-23-11-7-6-8-12-23)33-26(20-24-13-10-15-31-21-24)34(27)19-16-32-22-25(37)4-2/h6-8,10-13,15,21,25,32,37H,3-5,9,14,16-20,22H2,1-2H3. The summed E-state index contributed by atoms with van der Waals surface area (Å²) in [5.74, 6) is 0.715. The largest absolute Gasteiger partial charge is 0.392 e. The van der Waals surface area contributed by atoms with Crippen molar-refractivity contribution < 1.29 is 5.11 Å². The quantitative estimate of drug-likeness (QED) is 0.228. The molecule has 208 valence electrons. The van der Waals surface area contributed by atoms with E-state index in [1.54, 1.807) is 17.0 Å². The SMILES string of the molecule is CCCCCn1c(=O)c2c(nc(Cc3cccnc3)n2CCNCC(O)CC)n(CCc2ccccc2)c1=O. The van der Waals surface area contributed by atoms with Crippen molar-refractivity contribution in [2.24, 2.45) is 0 Å². The molecule has 2 N–H and O–H groups in total. The zero-order chi connectivity index (χ0) is 27.6. The summed E-state index contributed by atoms with van der Waals surface area (Å²) < 4.78 is 5.02. The highest BCUT2D eigenvalue weighted by molar-refractivity contribution is 5.71. The lowest BCUT2D eigenvalue weighted by Crippen LogP contribution is -2.41. The molecule has 39 heavy (non-hydrogen) atoms. The molecule has 3 aromatic heterocycles. The van der Waals surface area contributed by atoms with Crippen LogP contribution in [0.2, 0.25) is 0 Å². The molecule has 0 saturated carbocycles. The summed E-state index contributed by atoms with van der Waals surface area (Å²) in [4.78, 5) is 36.7. The van der Waals surface area contributed by atoms with Gasteiger partial charge < -0.3 is 15.0 Å². The van der Waals surface area contributed by atoms with Gasteiger partial charge in [0, 0.05) is 51.5 Å². The topological polar surface area (TPSA) is 107 Å². The van der Waals surface area contributed by atoms with E-state index in [0.717, 1.165) is 30.4 Å². The van der Waals surface area contributed by atoms with E-state index in [4.69, 9.17) is 4.98 Å². The minimum atomic E-state index is -0.418. The second-order valence-electron chi connectivity index (χ2n) is 9.99. The zero-order valence-corrected chi connectivity index (χ0v) is 23.1. The van der Waals surface area contributed by atoms with Crippen LogP contribution in [0.25, 0.3) is 11.2 Å². The highest BCUT2D eigenvalue weighted by Gasteiger charge is 2.22. The van der Waals surface area contributed by atoms with Crippen molar-refractivity contribution in [1.82, 2.24) is 29.0 Å². The number of unbranched alkanes of at least 4 members (excludes halogenated alkanes) is 2. The number of hydrogen-bond donors (Lipinski definition) is 2. The molecular weight excluding hydrogens is 492 g/mol. The highest BCUT2D eigenvalue weighted by atomic mass is 16.3. The Morgan fingerprint density at radius 1 is 0.923 bits per heavy atom. The Labute approximate surface area is 229 Å². The second kappa shape index (κ2) is 14.0. The van der Waals surface area contributed by atoms with E-state index in [0.29, 0.717) is 69.0 Å². The maximum absolute atomic E-state index is 13.9. The van der Waals surface area contributed by atoms with Gasteiger partial charge in [-0.1, -0.05) is 63.1 Å². The maximum atomic E-state index is 13.9. The molecule has 4 rings (SSSR count). The molecule has 0 aliphatic heterocycles. The first kappa shape index (κ1) is 28.4. The molecule has 3 heterocycles. The summed E-state index contributed by atoms with van der Waals surface area (Å²) in [6.45, 7) is 6.38. The smallest absolute Gasteiger partial charge is 0.332 e. The summed E-state index contributed by atoms with van der Waals surface area (Å²) >= 11 is 0. The normalized spacial score (nSPS) is 12.3. The summed E-state index contributed by atoms with van der Waals surface area (Å²) in [7, 11) is 0. The summed E-state index contributed by atoms with van der Waals surface area (Å²) in [5.41, 5.74) is 2.39. The van der Waals surface area contributed by atoms with Gasteiger partial charge in [-0.25, -0.2) is 9.78 Å². The van der Waals surface area contributed by atoms with Gasteiger partial charge >= 0.3 is 5.69 Å². The lowest BCUT2D eigenvalue weighted by molar-refractivity contribution is 0.167. The summed E-state index contributed by atoms with van der Waals surface area (Å²) in [6, 6.07) is 13.9. The van der Waals surface area contributed by atoms with Gasteiger partial charge in [0.2, 0.25) is 0 Å². The number of aromatic nitrogens is 5. The van der Waals surface area contributed by atoms with Crippen molar-refractivity contribution in [2.45, 2.75) is 78.1 Å².